The molecule has 0 aromatic carbocycles. The number of thiazole rings is 2. The molecule has 14 heteroatoms. The van der Waals surface area contributed by atoms with Crippen LogP contribution in [-0.2, 0) is 38.6 Å². The lowest BCUT2D eigenvalue weighted by atomic mass is 10.0. The number of β-lactam (4-membered cyclic amide) rings is 1. The second-order valence-electron chi connectivity index (χ2n) is 8.48. The molecule has 4 N–H and O–H groups in total. The molecule has 0 radical (unpaired) electrons. The van der Waals surface area contributed by atoms with E-state index in [0.717, 1.165) is 30.6 Å². The summed E-state index contributed by atoms with van der Waals surface area (Å²) in [6.07, 6.45) is 4.34. The van der Waals surface area contributed by atoms with Crippen LogP contribution in [0, 0.1) is 0 Å². The molecule has 5 rings (SSSR count). The normalized spacial score (nSPS) is 21.5. The number of fused-ring (bicyclic) bond motifs is 2. The summed E-state index contributed by atoms with van der Waals surface area (Å²) in [6.45, 7) is 2.40. The maximum Gasteiger partial charge on any atom is 0.352 e. The van der Waals surface area contributed by atoms with Gasteiger partial charge in [0.1, 0.15) is 29.4 Å². The van der Waals surface area contributed by atoms with E-state index >= 15 is 0 Å². The number of nitrogen functional groups attached to an aromatic ring is 1. The molecule has 2 aromatic heterocycles. The van der Waals surface area contributed by atoms with Crippen LogP contribution in [0.25, 0.3) is 0 Å². The van der Waals surface area contributed by atoms with Gasteiger partial charge in [0.15, 0.2) is 23.1 Å². The molecule has 2 amide bonds. The van der Waals surface area contributed by atoms with Crippen molar-refractivity contribution in [3.05, 3.63) is 38.4 Å². The van der Waals surface area contributed by atoms with Crippen molar-refractivity contribution in [3.8, 4) is 0 Å². The number of hydrogen-bond acceptors (Lipinski definition) is 10. The first-order chi connectivity index (χ1) is 17.4. The highest BCUT2D eigenvalue weighted by Gasteiger charge is 2.55. The Morgan fingerprint density at radius 1 is 1.36 bits per heavy atom. The minimum absolute atomic E-state index is 0.00740. The van der Waals surface area contributed by atoms with Crippen LogP contribution in [0.3, 0.4) is 0 Å². The number of rotatable bonds is 8. The monoisotopic (exact) mass is 549 g/mol. The average Bonchev–Trinajstić information content (AvgIpc) is 3.48. The second kappa shape index (κ2) is 10.2. The number of carboxylic acids is 1. The maximum absolute atomic E-state index is 13.1. The molecule has 2 aliphatic heterocycles. The van der Waals surface area contributed by atoms with Crippen LogP contribution in [0.2, 0.25) is 0 Å². The Labute approximate surface area is 219 Å². The molecule has 1 fully saturated rings. The van der Waals surface area contributed by atoms with Crippen molar-refractivity contribution in [2.45, 2.75) is 50.6 Å². The van der Waals surface area contributed by atoms with E-state index in [4.69, 9.17) is 10.6 Å². The third-order valence-corrected chi connectivity index (χ3v) is 9.32. The minimum Gasteiger partial charge on any atom is -0.477 e. The van der Waals surface area contributed by atoms with Gasteiger partial charge in [-0.15, -0.1) is 23.1 Å². The molecule has 2 aromatic rings. The van der Waals surface area contributed by atoms with Gasteiger partial charge in [0.2, 0.25) is 5.51 Å². The summed E-state index contributed by atoms with van der Waals surface area (Å²) in [6, 6.07) is -0.886. The molecule has 0 saturated carbocycles. The highest BCUT2D eigenvalue weighted by atomic mass is 32.2. The van der Waals surface area contributed by atoms with Crippen LogP contribution >= 0.6 is 34.4 Å². The third kappa shape index (κ3) is 4.48. The topological polar surface area (TPSA) is 151 Å². The van der Waals surface area contributed by atoms with E-state index in [0.29, 0.717) is 17.9 Å². The summed E-state index contributed by atoms with van der Waals surface area (Å²) in [5.74, 6) is -1.81. The Kier molecular flexibility index (Phi) is 6.99. The van der Waals surface area contributed by atoms with Gasteiger partial charge in [0.25, 0.3) is 11.8 Å². The molecule has 3 aliphatic rings. The van der Waals surface area contributed by atoms with E-state index in [1.165, 1.54) is 33.7 Å². The van der Waals surface area contributed by atoms with Crippen molar-refractivity contribution in [1.82, 2.24) is 15.2 Å². The molecular weight excluding hydrogens is 524 g/mol. The standard InChI is InChI=1S/C22H24N6O5S3/c1-2-33-26-15(12-9-35-22(23)24-12)18(29)25-16-19(30)28-17(21(31)32)11(8-34-20(16)28)7-27-10-36-14-6-4-3-5-13(14)27/h9-10,16,20H,2-8H2,1H3,(H3-,23,24,25,29,31,32)/p+1/t16-,20+/m1/s1. The summed E-state index contributed by atoms with van der Waals surface area (Å²) in [4.78, 5) is 50.1. The van der Waals surface area contributed by atoms with Crippen LogP contribution < -0.4 is 15.6 Å². The molecule has 1 aliphatic carbocycles. The number of thioether (sulfide) groups is 1. The zero-order valence-corrected chi connectivity index (χ0v) is 21.9. The van der Waals surface area contributed by atoms with Crippen molar-refractivity contribution in [2.24, 2.45) is 5.16 Å². The van der Waals surface area contributed by atoms with Gasteiger partial charge in [-0.05, 0) is 26.2 Å². The maximum atomic E-state index is 13.1. The highest BCUT2D eigenvalue weighted by Crippen LogP contribution is 2.40. The number of aryl methyl sites for hydroxylation is 1. The summed E-state index contributed by atoms with van der Waals surface area (Å²) in [5, 5.41) is 17.9. The zero-order valence-electron chi connectivity index (χ0n) is 19.4. The fraction of sp³-hybridized carbons (Fsp3) is 0.455. The average molecular weight is 550 g/mol. The molecule has 2 atom stereocenters. The zero-order chi connectivity index (χ0) is 25.4. The first-order valence-corrected chi connectivity index (χ1v) is 14.3. The number of nitrogens with two attached hydrogens (primary N) is 1. The number of aliphatic carboxylic acids is 1. The molecule has 0 unspecified atom stereocenters. The van der Waals surface area contributed by atoms with E-state index in [2.05, 4.69) is 20.0 Å². The van der Waals surface area contributed by atoms with Crippen molar-refractivity contribution >= 4 is 63.1 Å². The number of aromatic nitrogens is 2. The number of hydrogen-bond donors (Lipinski definition) is 3. The van der Waals surface area contributed by atoms with Gasteiger partial charge < -0.3 is 21.0 Å². The number of carbonyl (C=O) groups excluding carboxylic acids is 2. The quantitative estimate of drug-likeness (QED) is 0.192. The van der Waals surface area contributed by atoms with Gasteiger partial charge >= 0.3 is 5.97 Å². The molecule has 36 heavy (non-hydrogen) atoms. The Morgan fingerprint density at radius 2 is 2.17 bits per heavy atom. The van der Waals surface area contributed by atoms with Gasteiger partial charge in [-0.1, -0.05) is 16.5 Å². The summed E-state index contributed by atoms with van der Waals surface area (Å²) in [5.41, 5.74) is 9.85. The second-order valence-corrected chi connectivity index (χ2v) is 11.4. The van der Waals surface area contributed by atoms with Gasteiger partial charge in [0.05, 0.1) is 4.88 Å². The lowest BCUT2D eigenvalue weighted by Gasteiger charge is -2.49. The van der Waals surface area contributed by atoms with Crippen LogP contribution in [-0.4, -0.2) is 62.3 Å². The van der Waals surface area contributed by atoms with Gasteiger partial charge in [-0.25, -0.2) is 9.78 Å². The number of nitrogens with zero attached hydrogens (tertiary/aromatic N) is 4. The summed E-state index contributed by atoms with van der Waals surface area (Å²) >= 11 is 4.30. The van der Waals surface area contributed by atoms with E-state index < -0.39 is 29.2 Å². The van der Waals surface area contributed by atoms with Crippen LogP contribution in [0.5, 0.6) is 0 Å². The molecule has 190 valence electrons. The van der Waals surface area contributed by atoms with Crippen LogP contribution in [0.4, 0.5) is 5.13 Å². The van der Waals surface area contributed by atoms with Gasteiger partial charge in [0, 0.05) is 23.1 Å². The predicted octanol–water partition coefficient (Wildman–Crippen LogP) is 1.13. The lowest BCUT2D eigenvalue weighted by molar-refractivity contribution is -0.692. The molecule has 11 nitrogen and oxygen atoms in total. The van der Waals surface area contributed by atoms with Crippen molar-refractivity contribution in [1.29, 1.82) is 0 Å². The number of anilines is 1. The van der Waals surface area contributed by atoms with Crippen LogP contribution in [0.15, 0.2) is 27.3 Å². The molecule has 1 saturated heterocycles. The fourth-order valence-corrected chi connectivity index (χ4v) is 7.52. The number of amides is 2. The Morgan fingerprint density at radius 3 is 2.89 bits per heavy atom. The van der Waals surface area contributed by atoms with Gasteiger partial charge in [-0.3, -0.25) is 14.5 Å². The van der Waals surface area contributed by atoms with Crippen molar-refractivity contribution < 1.29 is 28.9 Å². The Bertz CT molecular complexity index is 1280. The van der Waals surface area contributed by atoms with Crippen molar-refractivity contribution in [3.63, 3.8) is 0 Å². The summed E-state index contributed by atoms with van der Waals surface area (Å²) in [7, 11) is 0. The fourth-order valence-electron chi connectivity index (χ4n) is 4.57. The lowest BCUT2D eigenvalue weighted by Crippen LogP contribution is -2.71. The Balaban J connectivity index is 1.35. The Hall–Kier alpha value is -2.97. The van der Waals surface area contributed by atoms with E-state index in [-0.39, 0.29) is 28.8 Å². The number of oxime groups is 1. The third-order valence-electron chi connectivity index (χ3n) is 6.22. The van der Waals surface area contributed by atoms with E-state index in [1.807, 2.05) is 5.51 Å². The summed E-state index contributed by atoms with van der Waals surface area (Å²) < 4.78 is 2.12. The smallest absolute Gasteiger partial charge is 0.352 e. The van der Waals surface area contributed by atoms with Crippen molar-refractivity contribution in [2.75, 3.05) is 18.1 Å². The molecule has 4 heterocycles. The largest absolute Gasteiger partial charge is 0.477 e. The molecular formula is C22H25N6O5S3+. The predicted molar refractivity (Wildman–Crippen MR) is 136 cm³/mol. The van der Waals surface area contributed by atoms with E-state index in [1.54, 1.807) is 23.6 Å². The number of carbonyl (C=O) groups is 3. The molecule has 0 spiro atoms. The molecule has 0 bridgehead atoms. The van der Waals surface area contributed by atoms with E-state index in [9.17, 15) is 19.5 Å². The number of nitrogens with one attached hydrogen (secondary N) is 1. The minimum atomic E-state index is -1.14. The number of carboxylic acid groups (broad SMARTS) is 1. The highest BCUT2D eigenvalue weighted by molar-refractivity contribution is 8.00. The first-order valence-electron chi connectivity index (χ1n) is 11.5. The van der Waals surface area contributed by atoms with Gasteiger partial charge in [-0.2, -0.15) is 4.57 Å². The first kappa shape index (κ1) is 24.7. The van der Waals surface area contributed by atoms with Crippen LogP contribution in [0.1, 0.15) is 36.0 Å². The SMILES string of the molecule is CCON=C(C(=O)N[C@@H]1C(=O)N2C(C(=O)O)=C(C[n+]3csc4c3CCCC4)CS[C@@H]12)c1csc(N)n1.